The van der Waals surface area contributed by atoms with Gasteiger partial charge in [-0.15, -0.1) is 0 Å². The van der Waals surface area contributed by atoms with Gasteiger partial charge in [0.15, 0.2) is 0 Å². The molecule has 74 valence electrons. The molecule has 0 saturated carbocycles. The second-order valence-electron chi connectivity index (χ2n) is 2.79. The Morgan fingerprint density at radius 1 is 1.43 bits per heavy atom. The number of rotatable bonds is 2. The molecule has 0 amide bonds. The van der Waals surface area contributed by atoms with E-state index in [0.29, 0.717) is 11.3 Å². The Hall–Kier alpha value is -0.0700. The fourth-order valence-corrected chi connectivity index (χ4v) is 1.58. The number of anilines is 1. The van der Waals surface area contributed by atoms with Gasteiger partial charge in [0.25, 0.3) is 10.1 Å². The van der Waals surface area contributed by atoms with Crippen LogP contribution >= 0.6 is 0 Å². The third kappa shape index (κ3) is 3.25. The molecule has 6 heteroatoms. The fraction of sp³-hybridized carbons (Fsp3) is 0.250. The van der Waals surface area contributed by atoms with Crippen LogP contribution < -0.4 is 35.3 Å². The van der Waals surface area contributed by atoms with E-state index in [1.165, 1.54) is 6.92 Å². The molecular weight excluding hydrogens is 213 g/mol. The van der Waals surface area contributed by atoms with Gasteiger partial charge in [-0.3, -0.25) is 4.55 Å². The molecule has 0 aliphatic rings. The molecule has 0 aromatic heterocycles. The van der Waals surface area contributed by atoms with Crippen molar-refractivity contribution in [3.05, 3.63) is 29.8 Å². The zero-order chi connectivity index (χ0) is 10.1. The van der Waals surface area contributed by atoms with Crippen molar-refractivity contribution in [1.29, 1.82) is 0 Å². The van der Waals surface area contributed by atoms with Crippen LogP contribution in [0.2, 0.25) is 0 Å². The number of hydrogen-bond donors (Lipinski definition) is 2. The van der Waals surface area contributed by atoms with E-state index < -0.39 is 15.4 Å². The molecule has 0 spiro atoms. The van der Waals surface area contributed by atoms with Crippen LogP contribution in [0.4, 0.5) is 5.69 Å². The standard InChI is InChI=1S/C8H11NO3S.Na.H/c1-6(13(10,11)12)7-4-2-3-5-8(7)9;;/h2-6H,9H2,1H3,(H,10,11,12);;/q;+1;-1. The van der Waals surface area contributed by atoms with Crippen LogP contribution in [0.3, 0.4) is 0 Å². The first-order valence-electron chi connectivity index (χ1n) is 3.73. The molecule has 1 unspecified atom stereocenters. The summed E-state index contributed by atoms with van der Waals surface area (Å²) >= 11 is 0. The van der Waals surface area contributed by atoms with Crippen molar-refractivity contribution in [2.24, 2.45) is 0 Å². The summed E-state index contributed by atoms with van der Waals surface area (Å²) in [7, 11) is -4.06. The van der Waals surface area contributed by atoms with Crippen LogP contribution in [0.1, 0.15) is 19.2 Å². The van der Waals surface area contributed by atoms with E-state index in [2.05, 4.69) is 0 Å². The van der Waals surface area contributed by atoms with Crippen molar-refractivity contribution >= 4 is 15.8 Å². The summed E-state index contributed by atoms with van der Waals surface area (Å²) in [5, 5.41) is -0.978. The molecule has 1 atom stereocenters. The Bertz CT molecular complexity index is 410. The van der Waals surface area contributed by atoms with Crippen LogP contribution in [0, 0.1) is 0 Å². The van der Waals surface area contributed by atoms with Gasteiger partial charge in [0.05, 0.1) is 0 Å². The first-order chi connectivity index (χ1) is 5.93. The third-order valence-electron chi connectivity index (χ3n) is 1.88. The Morgan fingerprint density at radius 3 is 2.36 bits per heavy atom. The summed E-state index contributed by atoms with van der Waals surface area (Å²) in [4.78, 5) is 0. The van der Waals surface area contributed by atoms with Gasteiger partial charge >= 0.3 is 29.6 Å². The Labute approximate surface area is 107 Å². The maximum Gasteiger partial charge on any atom is 1.00 e. The van der Waals surface area contributed by atoms with Gasteiger partial charge in [0.1, 0.15) is 5.25 Å². The minimum absolute atomic E-state index is 0. The number of hydrogen-bond acceptors (Lipinski definition) is 3. The average molecular weight is 225 g/mol. The first kappa shape index (κ1) is 13.9. The van der Waals surface area contributed by atoms with Crippen molar-refractivity contribution in [2.75, 3.05) is 5.73 Å². The molecule has 1 aromatic rings. The third-order valence-corrected chi connectivity index (χ3v) is 3.03. The molecule has 0 heterocycles. The maximum absolute atomic E-state index is 10.8. The summed E-state index contributed by atoms with van der Waals surface area (Å²) in [5.41, 5.74) is 6.33. The van der Waals surface area contributed by atoms with E-state index in [9.17, 15) is 8.42 Å². The van der Waals surface area contributed by atoms with Crippen LogP contribution in [-0.4, -0.2) is 13.0 Å². The molecule has 3 N–H and O–H groups in total. The Balaban J connectivity index is 0. The summed E-state index contributed by atoms with van der Waals surface area (Å²) in [6, 6.07) is 6.55. The molecule has 4 nitrogen and oxygen atoms in total. The van der Waals surface area contributed by atoms with Gasteiger partial charge in [-0.25, -0.2) is 0 Å². The molecule has 0 fully saturated rings. The number of para-hydroxylation sites is 1. The molecule has 1 rings (SSSR count). The monoisotopic (exact) mass is 225 g/mol. The summed E-state index contributed by atoms with van der Waals surface area (Å²) in [5.74, 6) is 0. The van der Waals surface area contributed by atoms with E-state index in [0.717, 1.165) is 0 Å². The Kier molecular flexibility index (Phi) is 5.11. The second-order valence-corrected chi connectivity index (χ2v) is 4.52. The maximum atomic E-state index is 10.8. The van der Waals surface area contributed by atoms with Gasteiger partial charge in [0.2, 0.25) is 0 Å². The second kappa shape index (κ2) is 5.14. The molecule has 0 bridgehead atoms. The Morgan fingerprint density at radius 2 is 1.93 bits per heavy atom. The predicted octanol–water partition coefficient (Wildman–Crippen LogP) is -1.67. The van der Waals surface area contributed by atoms with Crippen LogP contribution in [-0.2, 0) is 10.1 Å². The van der Waals surface area contributed by atoms with Crippen molar-refractivity contribution in [2.45, 2.75) is 12.2 Å². The zero-order valence-electron chi connectivity index (χ0n) is 9.14. The number of nitrogen functional groups attached to an aromatic ring is 1. The molecule has 0 aliphatic heterocycles. The molecule has 14 heavy (non-hydrogen) atoms. The van der Waals surface area contributed by atoms with E-state index in [1.54, 1.807) is 24.3 Å². The zero-order valence-corrected chi connectivity index (χ0v) is 11.0. The summed E-state index contributed by atoms with van der Waals surface area (Å²) < 4.78 is 30.3. The SMILES string of the molecule is CC(c1ccccc1N)S(=O)(=O)O.[H-].[Na+]. The molecule has 1 aromatic carbocycles. The van der Waals surface area contributed by atoms with Gasteiger partial charge in [0, 0.05) is 5.69 Å². The van der Waals surface area contributed by atoms with E-state index >= 15 is 0 Å². The van der Waals surface area contributed by atoms with Crippen molar-refractivity contribution in [1.82, 2.24) is 0 Å². The van der Waals surface area contributed by atoms with Crippen LogP contribution in [0.5, 0.6) is 0 Å². The van der Waals surface area contributed by atoms with Gasteiger partial charge in [-0.05, 0) is 18.6 Å². The largest absolute Gasteiger partial charge is 1.00 e. The minimum atomic E-state index is -4.06. The first-order valence-corrected chi connectivity index (χ1v) is 5.24. The van der Waals surface area contributed by atoms with Crippen molar-refractivity contribution in [3.63, 3.8) is 0 Å². The van der Waals surface area contributed by atoms with Gasteiger partial charge in [-0.1, -0.05) is 18.2 Å². The van der Waals surface area contributed by atoms with Crippen LogP contribution in [0.15, 0.2) is 24.3 Å². The van der Waals surface area contributed by atoms with E-state index in [1.807, 2.05) is 0 Å². The predicted molar refractivity (Wildman–Crippen MR) is 51.9 cm³/mol. The van der Waals surface area contributed by atoms with E-state index in [4.69, 9.17) is 10.3 Å². The quantitative estimate of drug-likeness (QED) is 0.358. The summed E-state index contributed by atoms with van der Waals surface area (Å²) in [6.07, 6.45) is 0. The van der Waals surface area contributed by atoms with Gasteiger partial charge in [-0.2, -0.15) is 8.42 Å². The molecule has 0 saturated heterocycles. The minimum Gasteiger partial charge on any atom is -1.00 e. The number of benzene rings is 1. The van der Waals surface area contributed by atoms with Gasteiger partial charge < -0.3 is 7.16 Å². The van der Waals surface area contributed by atoms with Crippen LogP contribution in [0.25, 0.3) is 0 Å². The molecule has 0 radical (unpaired) electrons. The fourth-order valence-electron chi connectivity index (χ4n) is 1.04. The number of nitrogens with two attached hydrogens (primary N) is 1. The van der Waals surface area contributed by atoms with E-state index in [-0.39, 0.29) is 31.0 Å². The average Bonchev–Trinajstić information content (AvgIpc) is 2.02. The van der Waals surface area contributed by atoms with Crippen molar-refractivity contribution < 1.29 is 44.0 Å². The normalized spacial score (nSPS) is 13.0. The smallest absolute Gasteiger partial charge is 1.00 e. The summed E-state index contributed by atoms with van der Waals surface area (Å²) in [6.45, 7) is 1.39. The van der Waals surface area contributed by atoms with Crippen molar-refractivity contribution in [3.8, 4) is 0 Å². The molecule has 0 aliphatic carbocycles. The topological polar surface area (TPSA) is 80.4 Å². The molecular formula is C8H12NNaO3S.